The summed E-state index contributed by atoms with van der Waals surface area (Å²) in [5.74, 6) is -1.23. The van der Waals surface area contributed by atoms with Crippen molar-refractivity contribution in [3.8, 4) is 0 Å². The predicted molar refractivity (Wildman–Crippen MR) is 71.6 cm³/mol. The molecule has 1 aliphatic carbocycles. The summed E-state index contributed by atoms with van der Waals surface area (Å²) < 4.78 is 37.6. The summed E-state index contributed by atoms with van der Waals surface area (Å²) in [6.45, 7) is -2.13. The average Bonchev–Trinajstić information content (AvgIpc) is 2.86. The van der Waals surface area contributed by atoms with E-state index in [0.29, 0.717) is 4.90 Å². The Kier molecular flexibility index (Phi) is 6.44. The van der Waals surface area contributed by atoms with Gasteiger partial charge in [-0.2, -0.15) is 13.2 Å². The van der Waals surface area contributed by atoms with Crippen molar-refractivity contribution in [1.82, 2.24) is 15.1 Å². The van der Waals surface area contributed by atoms with Crippen LogP contribution in [-0.4, -0.2) is 67.6 Å². The largest absolute Gasteiger partial charge is 0.406 e. The van der Waals surface area contributed by atoms with Crippen molar-refractivity contribution in [2.75, 3.05) is 33.7 Å². The molecule has 0 radical (unpaired) electrons. The smallest absolute Gasteiger partial charge is 0.347 e. The molecule has 0 aromatic heterocycles. The summed E-state index contributed by atoms with van der Waals surface area (Å²) in [6.07, 6.45) is -0.517. The maximum atomic E-state index is 12.5. The SMILES string of the molecule is CN(C)C(=O)CN(CC(F)(F)F)C(=O)CNC1CCCC1. The Hall–Kier alpha value is -1.31. The lowest BCUT2D eigenvalue weighted by molar-refractivity contribution is -0.163. The van der Waals surface area contributed by atoms with Gasteiger partial charge in [-0.25, -0.2) is 0 Å². The highest BCUT2D eigenvalue weighted by Gasteiger charge is 2.34. The summed E-state index contributed by atoms with van der Waals surface area (Å²) in [5.41, 5.74) is 0. The average molecular weight is 309 g/mol. The lowest BCUT2D eigenvalue weighted by Gasteiger charge is -2.25. The quantitative estimate of drug-likeness (QED) is 0.796. The lowest BCUT2D eigenvalue weighted by atomic mass is 10.2. The van der Waals surface area contributed by atoms with Crippen LogP contribution in [0.3, 0.4) is 0 Å². The first-order chi connectivity index (χ1) is 9.69. The maximum absolute atomic E-state index is 12.5. The molecule has 1 fully saturated rings. The van der Waals surface area contributed by atoms with Crippen LogP contribution >= 0.6 is 0 Å². The van der Waals surface area contributed by atoms with Gasteiger partial charge in [0.15, 0.2) is 0 Å². The number of amides is 2. The minimum Gasteiger partial charge on any atom is -0.347 e. The molecule has 0 aliphatic heterocycles. The van der Waals surface area contributed by atoms with E-state index in [1.807, 2.05) is 0 Å². The fourth-order valence-electron chi connectivity index (χ4n) is 2.23. The van der Waals surface area contributed by atoms with E-state index in [1.165, 1.54) is 19.0 Å². The van der Waals surface area contributed by atoms with Gasteiger partial charge in [0, 0.05) is 20.1 Å². The van der Waals surface area contributed by atoms with E-state index in [1.54, 1.807) is 0 Å². The number of rotatable bonds is 6. The monoisotopic (exact) mass is 309 g/mol. The fraction of sp³-hybridized carbons (Fsp3) is 0.846. The maximum Gasteiger partial charge on any atom is 0.406 e. The summed E-state index contributed by atoms with van der Waals surface area (Å²) >= 11 is 0. The van der Waals surface area contributed by atoms with Crippen LogP contribution in [0.5, 0.6) is 0 Å². The third-order valence-electron chi connectivity index (χ3n) is 3.44. The van der Waals surface area contributed by atoms with Crippen LogP contribution in [0, 0.1) is 0 Å². The van der Waals surface area contributed by atoms with Crippen molar-refractivity contribution in [3.63, 3.8) is 0 Å². The van der Waals surface area contributed by atoms with Crippen LogP contribution in [0.1, 0.15) is 25.7 Å². The molecule has 8 heteroatoms. The Labute approximate surface area is 122 Å². The van der Waals surface area contributed by atoms with E-state index in [4.69, 9.17) is 0 Å². The number of alkyl halides is 3. The second-order valence-corrected chi connectivity index (χ2v) is 5.52. The number of likely N-dealkylation sites (N-methyl/N-ethyl adjacent to an activating group) is 1. The lowest BCUT2D eigenvalue weighted by Crippen LogP contribution is -2.48. The number of hydrogen-bond acceptors (Lipinski definition) is 3. The highest BCUT2D eigenvalue weighted by Crippen LogP contribution is 2.18. The second kappa shape index (κ2) is 7.63. The van der Waals surface area contributed by atoms with Crippen molar-refractivity contribution in [2.45, 2.75) is 37.9 Å². The number of nitrogens with zero attached hydrogens (tertiary/aromatic N) is 2. The number of hydrogen-bond donors (Lipinski definition) is 1. The summed E-state index contributed by atoms with van der Waals surface area (Å²) in [4.78, 5) is 25.2. The van der Waals surface area contributed by atoms with Crippen molar-refractivity contribution < 1.29 is 22.8 Å². The van der Waals surface area contributed by atoms with E-state index in [2.05, 4.69) is 5.32 Å². The molecule has 1 aliphatic rings. The topological polar surface area (TPSA) is 52.7 Å². The molecule has 1 saturated carbocycles. The molecule has 2 amide bonds. The van der Waals surface area contributed by atoms with Gasteiger partial charge in [-0.1, -0.05) is 12.8 Å². The summed E-state index contributed by atoms with van der Waals surface area (Å²) in [6, 6.07) is 0.186. The summed E-state index contributed by atoms with van der Waals surface area (Å²) in [7, 11) is 2.88. The van der Waals surface area contributed by atoms with Crippen LogP contribution < -0.4 is 5.32 Å². The zero-order valence-electron chi connectivity index (χ0n) is 12.4. The molecule has 0 heterocycles. The Balaban J connectivity index is 2.56. The molecule has 1 rings (SSSR count). The van der Waals surface area contributed by atoms with Gasteiger partial charge < -0.3 is 15.1 Å². The molecule has 0 aromatic rings. The first-order valence-electron chi connectivity index (χ1n) is 6.97. The molecule has 122 valence electrons. The highest BCUT2D eigenvalue weighted by molar-refractivity contribution is 5.85. The van der Waals surface area contributed by atoms with Gasteiger partial charge in [0.2, 0.25) is 11.8 Å². The van der Waals surface area contributed by atoms with Gasteiger partial charge in [-0.15, -0.1) is 0 Å². The minimum absolute atomic E-state index is 0.165. The van der Waals surface area contributed by atoms with Crippen LogP contribution in [0.2, 0.25) is 0 Å². The molecule has 0 saturated heterocycles. The van der Waals surface area contributed by atoms with E-state index in [0.717, 1.165) is 25.7 Å². The number of carbonyl (C=O) groups is 2. The van der Waals surface area contributed by atoms with Crippen LogP contribution in [-0.2, 0) is 9.59 Å². The van der Waals surface area contributed by atoms with Gasteiger partial charge in [0.25, 0.3) is 0 Å². The molecule has 0 unspecified atom stereocenters. The highest BCUT2D eigenvalue weighted by atomic mass is 19.4. The molecule has 0 atom stereocenters. The third kappa shape index (κ3) is 6.79. The standard InChI is InChI=1S/C13H22F3N3O2/c1-18(2)12(21)8-19(9-13(14,15)16)11(20)7-17-10-5-3-4-6-10/h10,17H,3-9H2,1-2H3. The van der Waals surface area contributed by atoms with Crippen LogP contribution in [0.4, 0.5) is 13.2 Å². The van der Waals surface area contributed by atoms with Gasteiger partial charge in [-0.3, -0.25) is 9.59 Å². The van der Waals surface area contributed by atoms with E-state index in [-0.39, 0.29) is 12.6 Å². The van der Waals surface area contributed by atoms with E-state index >= 15 is 0 Å². The number of halogens is 3. The zero-order chi connectivity index (χ0) is 16.0. The van der Waals surface area contributed by atoms with Crippen LogP contribution in [0.15, 0.2) is 0 Å². The van der Waals surface area contributed by atoms with Gasteiger partial charge in [-0.05, 0) is 12.8 Å². The van der Waals surface area contributed by atoms with E-state index in [9.17, 15) is 22.8 Å². The normalized spacial score (nSPS) is 16.0. The molecule has 21 heavy (non-hydrogen) atoms. The Morgan fingerprint density at radius 2 is 1.71 bits per heavy atom. The van der Waals surface area contributed by atoms with Crippen molar-refractivity contribution >= 4 is 11.8 Å². The van der Waals surface area contributed by atoms with Gasteiger partial charge in [0.1, 0.15) is 13.1 Å². The number of carbonyl (C=O) groups excluding carboxylic acids is 2. The molecule has 0 aromatic carbocycles. The predicted octanol–water partition coefficient (Wildman–Crippen LogP) is 0.998. The Bertz CT molecular complexity index is 366. The van der Waals surface area contributed by atoms with Crippen molar-refractivity contribution in [2.24, 2.45) is 0 Å². The summed E-state index contributed by atoms with van der Waals surface area (Å²) in [5, 5.41) is 2.97. The van der Waals surface area contributed by atoms with Gasteiger partial charge >= 0.3 is 6.18 Å². The number of nitrogens with one attached hydrogen (secondary N) is 1. The minimum atomic E-state index is -4.52. The second-order valence-electron chi connectivity index (χ2n) is 5.52. The molecule has 0 bridgehead atoms. The molecule has 0 spiro atoms. The Morgan fingerprint density at radius 1 is 1.14 bits per heavy atom. The van der Waals surface area contributed by atoms with Crippen LogP contribution in [0.25, 0.3) is 0 Å². The molecule has 1 N–H and O–H groups in total. The molecular formula is C13H22F3N3O2. The zero-order valence-corrected chi connectivity index (χ0v) is 12.4. The molecular weight excluding hydrogens is 287 g/mol. The first kappa shape index (κ1) is 17.7. The molecule has 5 nitrogen and oxygen atoms in total. The van der Waals surface area contributed by atoms with Crippen molar-refractivity contribution in [3.05, 3.63) is 0 Å². The first-order valence-corrected chi connectivity index (χ1v) is 6.97. The fourth-order valence-corrected chi connectivity index (χ4v) is 2.23. The Morgan fingerprint density at radius 3 is 2.19 bits per heavy atom. The third-order valence-corrected chi connectivity index (χ3v) is 3.44. The van der Waals surface area contributed by atoms with E-state index < -0.39 is 31.1 Å². The van der Waals surface area contributed by atoms with Gasteiger partial charge in [0.05, 0.1) is 6.54 Å². The van der Waals surface area contributed by atoms with Crippen molar-refractivity contribution in [1.29, 1.82) is 0 Å².